The summed E-state index contributed by atoms with van der Waals surface area (Å²) in [6.45, 7) is -3.36. The minimum atomic E-state index is -3.36. The summed E-state index contributed by atoms with van der Waals surface area (Å²) in [4.78, 5) is 29.6. The molecule has 1 aromatic heterocycles. The van der Waals surface area contributed by atoms with E-state index < -0.39 is 16.8 Å². The predicted octanol–water partition coefficient (Wildman–Crippen LogP) is -0.210. The normalized spacial score (nSPS) is 11.8. The summed E-state index contributed by atoms with van der Waals surface area (Å²) in [7, 11) is -0.627. The summed E-state index contributed by atoms with van der Waals surface area (Å²) in [6.07, 6.45) is 5.81. The zero-order valence-corrected chi connectivity index (χ0v) is 8.87. The van der Waals surface area contributed by atoms with E-state index in [-0.39, 0.29) is 6.01 Å². The highest BCUT2D eigenvalue weighted by Crippen LogP contribution is 2.40. The lowest BCUT2D eigenvalue weighted by atomic mass is 11.0. The van der Waals surface area contributed by atoms with Crippen LogP contribution < -0.4 is 4.52 Å². The lowest BCUT2D eigenvalue weighted by Gasteiger charge is -2.13. The van der Waals surface area contributed by atoms with Gasteiger partial charge in [0, 0.05) is 0 Å². The first kappa shape index (κ1) is 10.6. The van der Waals surface area contributed by atoms with Crippen molar-refractivity contribution in [3.8, 4) is 6.01 Å². The number of hydrogen-bond acceptors (Lipinski definition) is 4. The third-order valence-corrected chi connectivity index (χ3v) is 5.58. The molecule has 74 valence electrons. The maximum Gasteiger partial charge on any atom is 0.334 e. The molecule has 2 N–H and O–H groups in total. The molecule has 0 atom stereocenters. The molecular weight excluding hydrogens is 213 g/mol. The van der Waals surface area contributed by atoms with Gasteiger partial charge in [-0.3, -0.25) is 0 Å². The highest BCUT2D eigenvalue weighted by atomic mass is 32.5. The quantitative estimate of drug-likeness (QED) is 0.674. The highest BCUT2D eigenvalue weighted by molar-refractivity contribution is 8.27. The van der Waals surface area contributed by atoms with Crippen LogP contribution in [0.1, 0.15) is 0 Å². The second-order valence-electron chi connectivity index (χ2n) is 2.28. The Hall–Kier alpha value is -0.490. The zero-order chi connectivity index (χ0) is 9.90. The van der Waals surface area contributed by atoms with Crippen molar-refractivity contribution >= 4 is 16.8 Å². The van der Waals surface area contributed by atoms with E-state index in [1.54, 1.807) is 12.5 Å². The van der Waals surface area contributed by atoms with Crippen LogP contribution in [0.15, 0.2) is 12.7 Å². The Labute approximate surface area is 77.8 Å². The van der Waals surface area contributed by atoms with E-state index in [2.05, 4.69) is 15.0 Å². The maximum atomic E-state index is 9.40. The van der Waals surface area contributed by atoms with Crippen molar-refractivity contribution in [3.05, 3.63) is 12.7 Å². The molecule has 0 radical (unpaired) electrons. The van der Waals surface area contributed by atoms with E-state index >= 15 is 0 Å². The Bertz CT molecular complexity index is 334. The van der Waals surface area contributed by atoms with Gasteiger partial charge in [0.15, 0.2) is 0 Å². The molecule has 0 aliphatic heterocycles. The highest BCUT2D eigenvalue weighted by Gasteiger charge is 2.15. The third kappa shape index (κ3) is 3.04. The first-order valence-corrected chi connectivity index (χ1v) is 7.52. The van der Waals surface area contributed by atoms with E-state index in [4.69, 9.17) is 4.52 Å². The lowest BCUT2D eigenvalue weighted by molar-refractivity contribution is 0.356. The molecule has 0 amide bonds. The summed E-state index contributed by atoms with van der Waals surface area (Å²) >= 11 is 0. The van der Waals surface area contributed by atoms with Gasteiger partial charge >= 0.3 is 12.7 Å². The van der Waals surface area contributed by atoms with Crippen LogP contribution in [0.5, 0.6) is 6.01 Å². The van der Waals surface area contributed by atoms with Crippen molar-refractivity contribution in [2.24, 2.45) is 0 Å². The van der Waals surface area contributed by atoms with E-state index in [0.717, 1.165) is 0 Å². The van der Waals surface area contributed by atoms with Crippen LogP contribution in [0.2, 0.25) is 0 Å². The molecule has 1 heterocycles. The van der Waals surface area contributed by atoms with Crippen LogP contribution in [0, 0.1) is 0 Å². The van der Waals surface area contributed by atoms with Gasteiger partial charge in [0.2, 0.25) is 0 Å². The minimum Gasteiger partial charge on any atom is -0.393 e. The number of aromatic nitrogens is 3. The minimum absolute atomic E-state index is 0.0606. The van der Waals surface area contributed by atoms with Gasteiger partial charge in [-0.15, -0.1) is 10.1 Å². The summed E-state index contributed by atoms with van der Waals surface area (Å²) in [5, 5.41) is 0. The Balaban J connectivity index is 2.88. The number of rotatable bonds is 2. The predicted molar refractivity (Wildman–Crippen MR) is 51.0 cm³/mol. The third-order valence-electron chi connectivity index (χ3n) is 1.15. The number of nitrogens with zero attached hydrogens (tertiary/aromatic N) is 3. The number of hydrogen-bond donors (Lipinski definition) is 2. The fraction of sp³-hybridized carbons (Fsp3) is 0.400. The topological polar surface area (TPSA) is 88.4 Å². The summed E-state index contributed by atoms with van der Waals surface area (Å²) in [5.74, 6) is 0. The van der Waals surface area contributed by atoms with Gasteiger partial charge in [-0.05, 0) is 12.5 Å². The van der Waals surface area contributed by atoms with Crippen LogP contribution in [-0.2, 0) is 10.1 Å². The van der Waals surface area contributed by atoms with E-state index in [1.807, 2.05) is 0 Å². The van der Waals surface area contributed by atoms with Gasteiger partial charge in [-0.1, -0.05) is 0 Å². The van der Waals surface area contributed by atoms with Crippen LogP contribution in [0.25, 0.3) is 0 Å². The van der Waals surface area contributed by atoms with Gasteiger partial charge in [0.1, 0.15) is 12.7 Å². The molecule has 8 heteroatoms. The zero-order valence-electron chi connectivity index (χ0n) is 7.15. The van der Waals surface area contributed by atoms with Crippen molar-refractivity contribution in [1.29, 1.82) is 0 Å². The Morgan fingerprint density at radius 3 is 2.31 bits per heavy atom. The van der Waals surface area contributed by atoms with Crippen LogP contribution in [-0.4, -0.2) is 37.3 Å². The van der Waals surface area contributed by atoms with Gasteiger partial charge in [-0.25, -0.2) is 4.98 Å². The molecule has 6 nitrogen and oxygen atoms in total. The monoisotopic (exact) mass is 223 g/mol. The standard InChI is InChI=1S/C5H10N3O3PS/c1-13(2)12(9,10)11-5-7-3-6-4-8-5/h3-4,9-10H,1-2H3. The fourth-order valence-electron chi connectivity index (χ4n) is 0.457. The SMILES string of the molecule is CS(C)=P(O)(O)Oc1ncncn1. The summed E-state index contributed by atoms with van der Waals surface area (Å²) in [5.41, 5.74) is 0. The molecule has 1 aromatic rings. The van der Waals surface area contributed by atoms with Gasteiger partial charge in [0.25, 0.3) is 0 Å². The molecule has 0 saturated carbocycles. The lowest BCUT2D eigenvalue weighted by Crippen LogP contribution is -2.00. The molecular formula is C5H10N3O3PS. The van der Waals surface area contributed by atoms with Crippen molar-refractivity contribution < 1.29 is 14.3 Å². The Morgan fingerprint density at radius 2 is 1.85 bits per heavy atom. The maximum absolute atomic E-state index is 9.40. The van der Waals surface area contributed by atoms with Crippen LogP contribution in [0.3, 0.4) is 0 Å². The van der Waals surface area contributed by atoms with Gasteiger partial charge in [0.05, 0.1) is 0 Å². The second kappa shape index (κ2) is 4.15. The van der Waals surface area contributed by atoms with E-state index in [0.29, 0.717) is 0 Å². The van der Waals surface area contributed by atoms with Crippen LogP contribution >= 0.6 is 6.72 Å². The summed E-state index contributed by atoms with van der Waals surface area (Å²) in [6, 6.07) is -0.0606. The Kier molecular flexibility index (Phi) is 3.38. The largest absolute Gasteiger partial charge is 0.393 e. The molecule has 0 bridgehead atoms. The van der Waals surface area contributed by atoms with Crippen molar-refractivity contribution in [1.82, 2.24) is 15.0 Å². The first-order valence-electron chi connectivity index (χ1n) is 3.27. The fourth-order valence-corrected chi connectivity index (χ4v) is 1.56. The second-order valence-corrected chi connectivity index (χ2v) is 8.60. The molecule has 13 heavy (non-hydrogen) atoms. The molecule has 0 fully saturated rings. The molecule has 0 unspecified atom stereocenters. The molecule has 0 aromatic carbocycles. The Morgan fingerprint density at radius 1 is 1.31 bits per heavy atom. The molecule has 0 spiro atoms. The van der Waals surface area contributed by atoms with Crippen molar-refractivity contribution in [2.75, 3.05) is 12.5 Å². The molecule has 0 aliphatic carbocycles. The van der Waals surface area contributed by atoms with Crippen molar-refractivity contribution in [2.45, 2.75) is 0 Å². The summed E-state index contributed by atoms with van der Waals surface area (Å²) < 4.78 is 4.84. The average Bonchev–Trinajstić information content (AvgIpc) is 2.05. The average molecular weight is 223 g/mol. The van der Waals surface area contributed by atoms with Gasteiger partial charge < -0.3 is 14.3 Å². The molecule has 0 aliphatic rings. The first-order chi connectivity index (χ1) is 6.02. The van der Waals surface area contributed by atoms with Crippen LogP contribution in [0.4, 0.5) is 0 Å². The van der Waals surface area contributed by atoms with E-state index in [1.165, 1.54) is 12.7 Å². The smallest absolute Gasteiger partial charge is 0.334 e. The van der Waals surface area contributed by atoms with E-state index in [9.17, 15) is 9.79 Å². The molecule has 1 rings (SSSR count). The van der Waals surface area contributed by atoms with Crippen molar-refractivity contribution in [3.63, 3.8) is 0 Å². The molecule has 0 saturated heterocycles. The van der Waals surface area contributed by atoms with Gasteiger partial charge in [-0.2, -0.15) is 9.97 Å².